The Morgan fingerprint density at radius 3 is 2.90 bits per heavy atom. The van der Waals surface area contributed by atoms with Crippen molar-refractivity contribution in [3.63, 3.8) is 0 Å². The van der Waals surface area contributed by atoms with Gasteiger partial charge in [-0.1, -0.05) is 13.8 Å². The Hall–Kier alpha value is -0.780. The van der Waals surface area contributed by atoms with Crippen molar-refractivity contribution in [2.75, 3.05) is 13.1 Å². The molecule has 0 unspecified atom stereocenters. The first-order chi connectivity index (χ1) is 10.2. The van der Waals surface area contributed by atoms with Crippen LogP contribution in [0.2, 0.25) is 0 Å². The first kappa shape index (κ1) is 15.1. The monoisotopic (exact) mass is 308 g/mol. The fraction of sp³-hybridized carbons (Fsp3) is 0.688. The summed E-state index contributed by atoms with van der Waals surface area (Å²) >= 11 is 0.0423. The number of hydrogen-bond donors (Lipinski definition) is 3. The Morgan fingerprint density at radius 1 is 1.48 bits per heavy atom. The number of fused-ring (bicyclic) bond motifs is 1. The van der Waals surface area contributed by atoms with E-state index in [0.717, 1.165) is 38.9 Å². The van der Waals surface area contributed by atoms with Crippen molar-refractivity contribution in [2.45, 2.75) is 45.7 Å². The van der Waals surface area contributed by atoms with Crippen molar-refractivity contribution < 1.29 is 8.78 Å². The standard InChI is InChI=1S/C16H26N3OS/c1-12(2)11-19-9-3-4-13-10-16(5-7-17-8-6-16)15(14(13)19)18-21-20/h3-4,9,12,15,17,21H,5-8,10-11H2,1-2H3,(H,18,20)/q+1/t15-/m1/s1. The molecule has 5 heteroatoms. The second kappa shape index (κ2) is 6.15. The molecule has 3 rings (SSSR count). The average molecular weight is 308 g/mol. The molecular weight excluding hydrogens is 282 g/mol. The highest BCUT2D eigenvalue weighted by atomic mass is 32.2. The van der Waals surface area contributed by atoms with Gasteiger partial charge in [-0.3, -0.25) is 0 Å². The van der Waals surface area contributed by atoms with Crippen molar-refractivity contribution in [1.82, 2.24) is 10.0 Å². The molecule has 4 nitrogen and oxygen atoms in total. The number of thiol groups is 1. The summed E-state index contributed by atoms with van der Waals surface area (Å²) in [5, 5.41) is 3.46. The first-order valence-corrected chi connectivity index (χ1v) is 8.77. The highest BCUT2D eigenvalue weighted by Crippen LogP contribution is 2.49. The molecule has 1 aromatic heterocycles. The lowest BCUT2D eigenvalue weighted by Gasteiger charge is -2.37. The van der Waals surface area contributed by atoms with Gasteiger partial charge < -0.3 is 5.32 Å². The Morgan fingerprint density at radius 2 is 2.24 bits per heavy atom. The van der Waals surface area contributed by atoms with E-state index in [0.29, 0.717) is 5.92 Å². The van der Waals surface area contributed by atoms with Gasteiger partial charge in [0.2, 0.25) is 5.69 Å². The summed E-state index contributed by atoms with van der Waals surface area (Å²) in [6.07, 6.45) is 5.58. The molecule has 2 aliphatic rings. The van der Waals surface area contributed by atoms with Gasteiger partial charge in [0.25, 0.3) is 0 Å². The van der Waals surface area contributed by atoms with Gasteiger partial charge in [-0.05, 0) is 38.4 Å². The number of rotatable bonds is 4. The van der Waals surface area contributed by atoms with Crippen molar-refractivity contribution >= 4 is 11.9 Å². The van der Waals surface area contributed by atoms with Crippen LogP contribution in [0.4, 0.5) is 0 Å². The van der Waals surface area contributed by atoms with Gasteiger partial charge in [0.05, 0.1) is 11.9 Å². The van der Waals surface area contributed by atoms with Crippen LogP contribution in [-0.2, 0) is 24.8 Å². The lowest BCUT2D eigenvalue weighted by molar-refractivity contribution is -0.711. The SMILES string of the molecule is CC(C)C[n+]1cccc2c1[C@@H](N[SH]=O)C1(CCNCC1)C2. The Balaban J connectivity index is 2.01. The predicted octanol–water partition coefficient (Wildman–Crippen LogP) is 1.05. The molecule has 1 aliphatic heterocycles. The minimum Gasteiger partial charge on any atom is -0.317 e. The zero-order valence-electron chi connectivity index (χ0n) is 12.9. The summed E-state index contributed by atoms with van der Waals surface area (Å²) in [6.45, 7) is 7.63. The normalized spacial score (nSPS) is 23.7. The fourth-order valence-corrected chi connectivity index (χ4v) is 4.58. The third-order valence-electron chi connectivity index (χ3n) is 4.97. The minimum absolute atomic E-state index is 0.0423. The maximum atomic E-state index is 11.3. The zero-order chi connectivity index (χ0) is 14.9. The van der Waals surface area contributed by atoms with Crippen LogP contribution in [0.25, 0.3) is 0 Å². The van der Waals surface area contributed by atoms with Crippen molar-refractivity contribution in [3.8, 4) is 0 Å². The summed E-state index contributed by atoms with van der Waals surface area (Å²) < 4.78 is 16.9. The molecule has 2 N–H and O–H groups in total. The van der Waals surface area contributed by atoms with Crippen LogP contribution in [0.15, 0.2) is 18.3 Å². The van der Waals surface area contributed by atoms with E-state index in [2.05, 4.69) is 46.8 Å². The molecule has 0 aromatic carbocycles. The van der Waals surface area contributed by atoms with Crippen LogP contribution < -0.4 is 14.6 Å². The molecule has 1 aliphatic carbocycles. The third kappa shape index (κ3) is 2.79. The maximum absolute atomic E-state index is 11.3. The second-order valence-corrected chi connectivity index (χ2v) is 7.35. The molecule has 1 spiro atoms. The number of pyridine rings is 1. The average Bonchev–Trinajstić information content (AvgIpc) is 2.74. The summed E-state index contributed by atoms with van der Waals surface area (Å²) in [4.78, 5) is 0. The third-order valence-corrected chi connectivity index (χ3v) is 5.34. The number of hydrogen-bond acceptors (Lipinski definition) is 2. The Labute approximate surface area is 131 Å². The minimum atomic E-state index is 0.0423. The first-order valence-electron chi connectivity index (χ1n) is 7.96. The summed E-state index contributed by atoms with van der Waals surface area (Å²) in [6, 6.07) is 4.61. The maximum Gasteiger partial charge on any atom is 0.203 e. The molecule has 1 aromatic rings. The smallest absolute Gasteiger partial charge is 0.203 e. The lowest BCUT2D eigenvalue weighted by Crippen LogP contribution is -2.48. The highest BCUT2D eigenvalue weighted by Gasteiger charge is 2.51. The van der Waals surface area contributed by atoms with Gasteiger partial charge in [-0.25, -0.2) is 13.5 Å². The van der Waals surface area contributed by atoms with Crippen LogP contribution >= 0.6 is 0 Å². The fourth-order valence-electron chi connectivity index (χ4n) is 4.08. The largest absolute Gasteiger partial charge is 0.317 e. The predicted molar refractivity (Wildman–Crippen MR) is 85.1 cm³/mol. The summed E-state index contributed by atoms with van der Waals surface area (Å²) in [5.74, 6) is 0.608. The van der Waals surface area contributed by atoms with E-state index in [1.165, 1.54) is 11.3 Å². The van der Waals surface area contributed by atoms with Crippen LogP contribution in [0, 0.1) is 11.3 Å². The zero-order valence-corrected chi connectivity index (χ0v) is 13.8. The quantitative estimate of drug-likeness (QED) is 0.575. The molecule has 1 saturated heterocycles. The van der Waals surface area contributed by atoms with Crippen LogP contribution in [0.1, 0.15) is 44.0 Å². The van der Waals surface area contributed by atoms with Gasteiger partial charge in [-0.2, -0.15) is 0 Å². The summed E-state index contributed by atoms with van der Waals surface area (Å²) in [7, 11) is 0. The van der Waals surface area contributed by atoms with E-state index in [4.69, 9.17) is 0 Å². The molecule has 0 amide bonds. The number of piperidine rings is 1. The van der Waals surface area contributed by atoms with Crippen molar-refractivity contribution in [3.05, 3.63) is 29.6 Å². The summed E-state index contributed by atoms with van der Waals surface area (Å²) in [5.41, 5.74) is 3.02. The van der Waals surface area contributed by atoms with Crippen LogP contribution in [-0.4, -0.2) is 17.3 Å². The van der Waals surface area contributed by atoms with E-state index in [9.17, 15) is 4.21 Å². The van der Waals surface area contributed by atoms with Gasteiger partial charge in [0.1, 0.15) is 6.04 Å². The van der Waals surface area contributed by atoms with Gasteiger partial charge in [0, 0.05) is 23.0 Å². The Bertz CT molecular complexity index is 526. The lowest BCUT2D eigenvalue weighted by atomic mass is 9.74. The van der Waals surface area contributed by atoms with E-state index in [-0.39, 0.29) is 23.3 Å². The topological polar surface area (TPSA) is 45.0 Å². The van der Waals surface area contributed by atoms with Crippen LogP contribution in [0.3, 0.4) is 0 Å². The van der Waals surface area contributed by atoms with E-state index >= 15 is 0 Å². The molecule has 1 atom stereocenters. The number of nitrogens with zero attached hydrogens (tertiary/aromatic N) is 1. The molecule has 116 valence electrons. The molecule has 1 fully saturated rings. The second-order valence-electron chi connectivity index (χ2n) is 6.91. The molecular formula is C16H26N3OS+. The van der Waals surface area contributed by atoms with Gasteiger partial charge >= 0.3 is 0 Å². The number of nitrogens with one attached hydrogen (secondary N) is 2. The highest BCUT2D eigenvalue weighted by molar-refractivity contribution is 7.63. The molecule has 0 bridgehead atoms. The molecule has 2 heterocycles. The van der Waals surface area contributed by atoms with E-state index in [1.807, 2.05) is 0 Å². The molecule has 21 heavy (non-hydrogen) atoms. The molecule has 0 saturated carbocycles. The Kier molecular flexibility index (Phi) is 4.43. The van der Waals surface area contributed by atoms with E-state index in [1.54, 1.807) is 0 Å². The van der Waals surface area contributed by atoms with Crippen molar-refractivity contribution in [1.29, 1.82) is 0 Å². The van der Waals surface area contributed by atoms with Crippen molar-refractivity contribution in [2.24, 2.45) is 11.3 Å². The van der Waals surface area contributed by atoms with Gasteiger partial charge in [-0.15, -0.1) is 0 Å². The number of aromatic nitrogens is 1. The molecule has 0 radical (unpaired) electrons. The van der Waals surface area contributed by atoms with Gasteiger partial charge in [0.15, 0.2) is 12.7 Å². The van der Waals surface area contributed by atoms with E-state index < -0.39 is 0 Å². The van der Waals surface area contributed by atoms with Crippen LogP contribution in [0.5, 0.6) is 0 Å².